The molecule has 1 rings (SSSR count). The van der Waals surface area contributed by atoms with E-state index >= 15 is 0 Å². The molecule has 6 heteroatoms. The summed E-state index contributed by atoms with van der Waals surface area (Å²) in [6, 6.07) is 5.56. The van der Waals surface area contributed by atoms with Crippen molar-refractivity contribution >= 4 is 21.6 Å². The molecule has 0 saturated heterocycles. The number of sulfone groups is 1. The van der Waals surface area contributed by atoms with Gasteiger partial charge in [-0.3, -0.25) is 9.59 Å². The van der Waals surface area contributed by atoms with E-state index in [1.54, 1.807) is 6.92 Å². The molecule has 1 aromatic rings. The van der Waals surface area contributed by atoms with Crippen LogP contribution in [0.2, 0.25) is 0 Å². The summed E-state index contributed by atoms with van der Waals surface area (Å²) in [5, 5.41) is 0. The Morgan fingerprint density at radius 2 is 1.65 bits per heavy atom. The summed E-state index contributed by atoms with van der Waals surface area (Å²) >= 11 is 0. The zero-order valence-electron chi connectivity index (χ0n) is 12.0. The first kappa shape index (κ1) is 16.4. The number of carbonyl (C=O) groups is 2. The molecule has 0 aliphatic rings. The zero-order chi connectivity index (χ0) is 15.6. The molecule has 0 radical (unpaired) electrons. The van der Waals surface area contributed by atoms with Crippen molar-refractivity contribution in [3.63, 3.8) is 0 Å². The lowest BCUT2D eigenvalue weighted by atomic mass is 9.96. The minimum atomic E-state index is -3.30. The summed E-state index contributed by atoms with van der Waals surface area (Å²) in [6.45, 7) is 4.66. The van der Waals surface area contributed by atoms with Crippen LogP contribution in [0.3, 0.4) is 0 Å². The van der Waals surface area contributed by atoms with Crippen LogP contribution in [0.25, 0.3) is 0 Å². The lowest BCUT2D eigenvalue weighted by Crippen LogP contribution is -2.37. The molecule has 0 aliphatic carbocycles. The van der Waals surface area contributed by atoms with Crippen molar-refractivity contribution in [1.82, 2.24) is 0 Å². The van der Waals surface area contributed by atoms with Crippen LogP contribution in [0.4, 0.5) is 0 Å². The molecular weight excluding hydrogens is 280 g/mol. The quantitative estimate of drug-likeness (QED) is 0.614. The summed E-state index contributed by atoms with van der Waals surface area (Å²) < 4.78 is 27.8. The highest BCUT2D eigenvalue weighted by atomic mass is 32.2. The Labute approximate surface area is 118 Å². The molecule has 0 amide bonds. The molecule has 0 spiro atoms. The van der Waals surface area contributed by atoms with Gasteiger partial charge in [-0.15, -0.1) is 0 Å². The van der Waals surface area contributed by atoms with Gasteiger partial charge in [0, 0.05) is 18.2 Å². The van der Waals surface area contributed by atoms with E-state index in [-0.39, 0.29) is 17.1 Å². The van der Waals surface area contributed by atoms with E-state index in [4.69, 9.17) is 4.74 Å². The molecule has 1 aromatic carbocycles. The molecule has 20 heavy (non-hydrogen) atoms. The Morgan fingerprint density at radius 1 is 1.15 bits per heavy atom. The van der Waals surface area contributed by atoms with Crippen LogP contribution in [0.5, 0.6) is 0 Å². The minimum Gasteiger partial charge on any atom is -0.451 e. The van der Waals surface area contributed by atoms with Crippen LogP contribution in [0.1, 0.15) is 37.6 Å². The van der Waals surface area contributed by atoms with Gasteiger partial charge in [-0.2, -0.15) is 0 Å². The van der Waals surface area contributed by atoms with E-state index in [1.165, 1.54) is 38.1 Å². The molecule has 0 saturated carbocycles. The Kier molecular flexibility index (Phi) is 4.70. The van der Waals surface area contributed by atoms with Crippen LogP contribution >= 0.6 is 0 Å². The second kappa shape index (κ2) is 5.75. The predicted octanol–water partition coefficient (Wildman–Crippen LogP) is 2.00. The summed E-state index contributed by atoms with van der Waals surface area (Å²) in [5.41, 5.74) is -0.981. The number of esters is 1. The smallest absolute Gasteiger partial charge is 0.306 e. The normalized spacial score (nSPS) is 12.0. The van der Waals surface area contributed by atoms with E-state index in [2.05, 4.69) is 0 Å². The number of hydrogen-bond donors (Lipinski definition) is 0. The summed E-state index contributed by atoms with van der Waals surface area (Å²) in [6.07, 6.45) is 1.28. The van der Waals surface area contributed by atoms with Crippen LogP contribution < -0.4 is 0 Å². The van der Waals surface area contributed by atoms with Gasteiger partial charge in [-0.05, 0) is 38.1 Å². The van der Waals surface area contributed by atoms with Gasteiger partial charge in [0.15, 0.2) is 15.4 Å². The topological polar surface area (TPSA) is 77.5 Å². The second-order valence-electron chi connectivity index (χ2n) is 4.96. The van der Waals surface area contributed by atoms with Gasteiger partial charge in [-0.1, -0.05) is 6.92 Å². The molecule has 0 unspecified atom stereocenters. The summed E-state index contributed by atoms with van der Waals surface area (Å²) in [7, 11) is -3.30. The summed E-state index contributed by atoms with van der Waals surface area (Å²) in [5.74, 6) is -0.838. The van der Waals surface area contributed by atoms with Crippen molar-refractivity contribution in [3.8, 4) is 0 Å². The van der Waals surface area contributed by atoms with Crippen LogP contribution in [0.15, 0.2) is 29.2 Å². The van der Waals surface area contributed by atoms with Gasteiger partial charge in [0.05, 0.1) is 4.90 Å². The van der Waals surface area contributed by atoms with Gasteiger partial charge < -0.3 is 4.74 Å². The Hall–Kier alpha value is -1.69. The Balaban J connectivity index is 3.01. The Bertz CT molecular complexity index is 611. The highest BCUT2D eigenvalue weighted by Gasteiger charge is 2.32. The van der Waals surface area contributed by atoms with Gasteiger partial charge in [0.1, 0.15) is 0 Å². The van der Waals surface area contributed by atoms with E-state index in [0.717, 1.165) is 6.26 Å². The molecule has 0 atom stereocenters. The number of rotatable bonds is 5. The molecule has 0 N–H and O–H groups in total. The average molecular weight is 298 g/mol. The van der Waals surface area contributed by atoms with Gasteiger partial charge >= 0.3 is 5.97 Å². The summed E-state index contributed by atoms with van der Waals surface area (Å²) in [4.78, 5) is 23.7. The van der Waals surface area contributed by atoms with Crippen molar-refractivity contribution in [2.45, 2.75) is 37.7 Å². The fraction of sp³-hybridized carbons (Fsp3) is 0.429. The monoisotopic (exact) mass is 298 g/mol. The first-order chi connectivity index (χ1) is 9.08. The second-order valence-corrected chi connectivity index (χ2v) is 6.98. The lowest BCUT2D eigenvalue weighted by Gasteiger charge is -2.23. The molecule has 5 nitrogen and oxygen atoms in total. The predicted molar refractivity (Wildman–Crippen MR) is 74.3 cm³/mol. The molecule has 110 valence electrons. The number of ether oxygens (including phenoxy) is 1. The van der Waals surface area contributed by atoms with Crippen LogP contribution in [0, 0.1) is 0 Å². The van der Waals surface area contributed by atoms with Crippen LogP contribution in [-0.4, -0.2) is 32.0 Å². The maximum Gasteiger partial charge on any atom is 0.306 e. The first-order valence-electron chi connectivity index (χ1n) is 6.14. The van der Waals surface area contributed by atoms with Crippen molar-refractivity contribution in [2.75, 3.05) is 6.26 Å². The lowest BCUT2D eigenvalue weighted by molar-refractivity contribution is -0.152. The third-order valence-electron chi connectivity index (χ3n) is 2.75. The number of carbonyl (C=O) groups excluding carboxylic acids is 2. The van der Waals surface area contributed by atoms with E-state index < -0.39 is 21.4 Å². The highest BCUT2D eigenvalue weighted by Crippen LogP contribution is 2.19. The third-order valence-corrected chi connectivity index (χ3v) is 3.88. The molecule has 0 aromatic heterocycles. The zero-order valence-corrected chi connectivity index (χ0v) is 12.8. The van der Waals surface area contributed by atoms with Gasteiger partial charge in [0.2, 0.25) is 5.78 Å². The maximum atomic E-state index is 12.3. The van der Waals surface area contributed by atoms with Crippen molar-refractivity contribution in [2.24, 2.45) is 0 Å². The Morgan fingerprint density at radius 3 is 2.05 bits per heavy atom. The largest absolute Gasteiger partial charge is 0.451 e. The first-order valence-corrected chi connectivity index (χ1v) is 8.04. The third kappa shape index (κ3) is 3.90. The van der Waals surface area contributed by atoms with E-state index in [0.29, 0.717) is 5.56 Å². The van der Waals surface area contributed by atoms with Gasteiger partial charge in [0.25, 0.3) is 0 Å². The molecule has 0 bridgehead atoms. The van der Waals surface area contributed by atoms with Crippen LogP contribution in [-0.2, 0) is 19.4 Å². The van der Waals surface area contributed by atoms with Gasteiger partial charge in [-0.25, -0.2) is 8.42 Å². The SMILES string of the molecule is CCC(=O)OC(C)(C)C(=O)c1ccc(S(C)(=O)=O)cc1. The number of benzene rings is 1. The standard InChI is InChI=1S/C14H18O5S/c1-5-12(15)19-14(2,3)13(16)10-6-8-11(9-7-10)20(4,17)18/h6-9H,5H2,1-4H3. The molecule has 0 aliphatic heterocycles. The van der Waals surface area contributed by atoms with E-state index in [1.807, 2.05) is 0 Å². The minimum absolute atomic E-state index is 0.136. The number of hydrogen-bond acceptors (Lipinski definition) is 5. The number of Topliss-reactive ketones (excluding diaryl/α,β-unsaturated/α-hetero) is 1. The molecular formula is C14H18O5S. The van der Waals surface area contributed by atoms with E-state index in [9.17, 15) is 18.0 Å². The van der Waals surface area contributed by atoms with Crippen molar-refractivity contribution in [3.05, 3.63) is 29.8 Å². The highest BCUT2D eigenvalue weighted by molar-refractivity contribution is 7.90. The molecule has 0 fully saturated rings. The number of ketones is 1. The average Bonchev–Trinajstić information content (AvgIpc) is 2.36. The molecule has 0 heterocycles. The fourth-order valence-electron chi connectivity index (χ4n) is 1.60. The maximum absolute atomic E-state index is 12.3. The van der Waals surface area contributed by atoms with Crippen molar-refractivity contribution in [1.29, 1.82) is 0 Å². The van der Waals surface area contributed by atoms with Crippen molar-refractivity contribution < 1.29 is 22.7 Å². The fourth-order valence-corrected chi connectivity index (χ4v) is 2.23.